The van der Waals surface area contributed by atoms with Crippen LogP contribution in [0.3, 0.4) is 0 Å². The molecule has 0 bridgehead atoms. The Morgan fingerprint density at radius 2 is 1.85 bits per heavy atom. The van der Waals surface area contributed by atoms with E-state index in [2.05, 4.69) is 31.9 Å². The minimum absolute atomic E-state index is 0.248. The van der Waals surface area contributed by atoms with E-state index in [0.717, 1.165) is 13.1 Å². The van der Waals surface area contributed by atoms with Crippen LogP contribution in [0.4, 0.5) is 0 Å². The normalized spacial score (nSPS) is 14.3. The summed E-state index contributed by atoms with van der Waals surface area (Å²) in [4.78, 5) is 0.801. The zero-order valence-electron chi connectivity index (χ0n) is 10.1. The number of halogens is 4. The van der Waals surface area contributed by atoms with Crippen LogP contribution in [0.15, 0.2) is 32.5 Å². The highest BCUT2D eigenvalue weighted by Crippen LogP contribution is 2.43. The van der Waals surface area contributed by atoms with E-state index in [0.29, 0.717) is 15.6 Å². The summed E-state index contributed by atoms with van der Waals surface area (Å²) < 4.78 is 1.82. The molecule has 0 aliphatic carbocycles. The van der Waals surface area contributed by atoms with Crippen LogP contribution in [-0.4, -0.2) is 11.7 Å². The summed E-state index contributed by atoms with van der Waals surface area (Å²) in [6.45, 7) is 0.248. The van der Waals surface area contributed by atoms with Crippen molar-refractivity contribution in [1.29, 1.82) is 0 Å². The number of thiophene rings is 1. The molecular weight excluding hydrogens is 449 g/mol. The van der Waals surface area contributed by atoms with Crippen molar-refractivity contribution < 1.29 is 5.11 Å². The van der Waals surface area contributed by atoms with E-state index in [4.69, 9.17) is 28.9 Å². The van der Waals surface area contributed by atoms with Crippen molar-refractivity contribution in [1.82, 2.24) is 0 Å². The molecule has 0 saturated heterocycles. The van der Waals surface area contributed by atoms with E-state index in [1.165, 1.54) is 11.3 Å². The fraction of sp³-hybridized carbons (Fsp3) is 0.231. The minimum Gasteiger partial charge on any atom is -0.387 e. The number of benzene rings is 1. The molecule has 0 radical (unpaired) electrons. The fourth-order valence-electron chi connectivity index (χ4n) is 1.98. The first kappa shape index (κ1) is 16.7. The maximum atomic E-state index is 10.6. The Kier molecular flexibility index (Phi) is 5.94. The second-order valence-corrected chi connectivity index (χ2v) is 8.26. The lowest BCUT2D eigenvalue weighted by Crippen LogP contribution is -2.20. The second-order valence-electron chi connectivity index (χ2n) is 4.19. The molecule has 1 aromatic carbocycles. The van der Waals surface area contributed by atoms with Crippen LogP contribution in [-0.2, 0) is 0 Å². The van der Waals surface area contributed by atoms with Gasteiger partial charge in [0, 0.05) is 31.9 Å². The fourth-order valence-corrected chi connectivity index (χ4v) is 4.80. The predicted molar refractivity (Wildman–Crippen MR) is 92.9 cm³/mol. The average Bonchev–Trinajstić information content (AvgIpc) is 2.73. The maximum absolute atomic E-state index is 10.6. The molecule has 7 heteroatoms. The monoisotopic (exact) mass is 457 g/mol. The van der Waals surface area contributed by atoms with Gasteiger partial charge in [-0.1, -0.05) is 29.3 Å². The lowest BCUT2D eigenvalue weighted by atomic mass is 9.92. The zero-order valence-corrected chi connectivity index (χ0v) is 15.6. The lowest BCUT2D eigenvalue weighted by Gasteiger charge is -2.23. The van der Waals surface area contributed by atoms with Gasteiger partial charge in [0.2, 0.25) is 0 Å². The number of aliphatic hydroxyl groups is 1. The van der Waals surface area contributed by atoms with Crippen molar-refractivity contribution in [3.63, 3.8) is 0 Å². The van der Waals surface area contributed by atoms with Gasteiger partial charge in [-0.05, 0) is 55.6 Å². The molecule has 20 heavy (non-hydrogen) atoms. The van der Waals surface area contributed by atoms with Crippen LogP contribution in [0.2, 0.25) is 10.0 Å². The Morgan fingerprint density at radius 3 is 2.30 bits per heavy atom. The van der Waals surface area contributed by atoms with Crippen molar-refractivity contribution in [3.05, 3.63) is 53.0 Å². The largest absolute Gasteiger partial charge is 0.387 e. The summed E-state index contributed by atoms with van der Waals surface area (Å²) >= 11 is 20.7. The Hall–Kier alpha value is 0.380. The molecule has 2 aromatic rings. The van der Waals surface area contributed by atoms with Gasteiger partial charge in [-0.25, -0.2) is 0 Å². The molecule has 2 unspecified atom stereocenters. The third-order valence-electron chi connectivity index (χ3n) is 2.96. The Morgan fingerprint density at radius 1 is 1.25 bits per heavy atom. The van der Waals surface area contributed by atoms with Gasteiger partial charge < -0.3 is 10.8 Å². The van der Waals surface area contributed by atoms with Gasteiger partial charge in [-0.2, -0.15) is 0 Å². The van der Waals surface area contributed by atoms with E-state index in [1.54, 1.807) is 18.2 Å². The smallest absolute Gasteiger partial charge is 0.0964 e. The molecule has 1 aromatic heterocycles. The average molecular weight is 460 g/mol. The summed E-state index contributed by atoms with van der Waals surface area (Å²) in [6.07, 6.45) is -0.759. The maximum Gasteiger partial charge on any atom is 0.0964 e. The van der Waals surface area contributed by atoms with Gasteiger partial charge in [-0.15, -0.1) is 11.3 Å². The van der Waals surface area contributed by atoms with Crippen LogP contribution in [0.1, 0.15) is 22.5 Å². The van der Waals surface area contributed by atoms with E-state index >= 15 is 0 Å². The van der Waals surface area contributed by atoms with Crippen LogP contribution in [0, 0.1) is 0 Å². The van der Waals surface area contributed by atoms with Crippen molar-refractivity contribution in [2.24, 2.45) is 5.73 Å². The van der Waals surface area contributed by atoms with Crippen LogP contribution in [0.25, 0.3) is 0 Å². The quantitative estimate of drug-likeness (QED) is 0.646. The minimum atomic E-state index is -0.759. The standard InChI is InChI=1S/C13H11Br2Cl2NOS/c14-7-4-10(20-13(7)15)12(19)6(5-18)11-8(16)2-1-3-9(11)17/h1-4,6,12,19H,5,18H2. The third-order valence-corrected chi connectivity index (χ3v) is 6.95. The summed E-state index contributed by atoms with van der Waals surface area (Å²) in [5.41, 5.74) is 6.52. The van der Waals surface area contributed by atoms with E-state index in [1.807, 2.05) is 6.07 Å². The number of nitrogens with two attached hydrogens (primary N) is 1. The molecule has 2 nitrogen and oxygen atoms in total. The van der Waals surface area contributed by atoms with Crippen molar-refractivity contribution in [3.8, 4) is 0 Å². The third kappa shape index (κ3) is 3.40. The van der Waals surface area contributed by atoms with E-state index in [-0.39, 0.29) is 12.5 Å². The predicted octanol–water partition coefficient (Wildman–Crippen LogP) is 5.36. The molecule has 0 spiro atoms. The number of rotatable bonds is 4. The van der Waals surface area contributed by atoms with Crippen molar-refractivity contribution in [2.45, 2.75) is 12.0 Å². The lowest BCUT2D eigenvalue weighted by molar-refractivity contribution is 0.151. The van der Waals surface area contributed by atoms with E-state index < -0.39 is 6.10 Å². The first-order valence-electron chi connectivity index (χ1n) is 5.72. The molecule has 0 saturated carbocycles. The highest BCUT2D eigenvalue weighted by molar-refractivity contribution is 9.13. The summed E-state index contributed by atoms with van der Waals surface area (Å²) in [5, 5.41) is 11.6. The summed E-state index contributed by atoms with van der Waals surface area (Å²) in [5.74, 6) is -0.353. The molecule has 3 N–H and O–H groups in total. The van der Waals surface area contributed by atoms with Gasteiger partial charge in [0.25, 0.3) is 0 Å². The van der Waals surface area contributed by atoms with Gasteiger partial charge in [-0.3, -0.25) is 0 Å². The van der Waals surface area contributed by atoms with Gasteiger partial charge in [0.05, 0.1) is 9.89 Å². The SMILES string of the molecule is NCC(c1c(Cl)cccc1Cl)C(O)c1cc(Br)c(Br)s1. The first-order chi connectivity index (χ1) is 9.45. The van der Waals surface area contributed by atoms with Crippen molar-refractivity contribution in [2.75, 3.05) is 6.54 Å². The molecular formula is C13H11Br2Cl2NOS. The zero-order chi connectivity index (χ0) is 14.9. The number of aliphatic hydroxyl groups excluding tert-OH is 1. The molecule has 0 fully saturated rings. The van der Waals surface area contributed by atoms with Crippen LogP contribution >= 0.6 is 66.4 Å². The summed E-state index contributed by atoms with van der Waals surface area (Å²) in [7, 11) is 0. The van der Waals surface area contributed by atoms with Gasteiger partial charge in [0.1, 0.15) is 0 Å². The Bertz CT molecular complexity index is 581. The molecule has 2 rings (SSSR count). The molecule has 0 aliphatic rings. The highest BCUT2D eigenvalue weighted by Gasteiger charge is 2.27. The Balaban J connectivity index is 2.42. The molecule has 108 valence electrons. The molecule has 0 amide bonds. The summed E-state index contributed by atoms with van der Waals surface area (Å²) in [6, 6.07) is 7.13. The number of hydrogen-bond acceptors (Lipinski definition) is 3. The molecule has 1 heterocycles. The van der Waals surface area contributed by atoms with Gasteiger partial charge in [0.15, 0.2) is 0 Å². The van der Waals surface area contributed by atoms with Crippen molar-refractivity contribution >= 4 is 66.4 Å². The second kappa shape index (κ2) is 7.09. The number of hydrogen-bond donors (Lipinski definition) is 2. The van der Waals surface area contributed by atoms with Crippen LogP contribution < -0.4 is 5.73 Å². The Labute approximate surface area is 148 Å². The van der Waals surface area contributed by atoms with Gasteiger partial charge >= 0.3 is 0 Å². The van der Waals surface area contributed by atoms with E-state index in [9.17, 15) is 5.11 Å². The topological polar surface area (TPSA) is 46.2 Å². The van der Waals surface area contributed by atoms with Crippen LogP contribution in [0.5, 0.6) is 0 Å². The highest BCUT2D eigenvalue weighted by atomic mass is 79.9. The molecule has 0 aliphatic heterocycles. The molecule has 2 atom stereocenters. The first-order valence-corrected chi connectivity index (χ1v) is 8.88.